The Kier molecular flexibility index (Phi) is 4.56. The predicted octanol–water partition coefficient (Wildman–Crippen LogP) is 4.35. The number of benzene rings is 2. The Bertz CT molecular complexity index is 594. The fourth-order valence-electron chi connectivity index (χ4n) is 2.48. The molecule has 0 atom stereocenters. The highest BCUT2D eigenvalue weighted by Gasteiger charge is 2.05. The van der Waals surface area contributed by atoms with Gasteiger partial charge in [-0.05, 0) is 61.1 Å². The summed E-state index contributed by atoms with van der Waals surface area (Å²) >= 11 is 0. The molecule has 106 valence electrons. The van der Waals surface area contributed by atoms with Crippen molar-refractivity contribution in [2.75, 3.05) is 0 Å². The van der Waals surface area contributed by atoms with Crippen LogP contribution in [0.1, 0.15) is 33.4 Å². The van der Waals surface area contributed by atoms with E-state index in [0.29, 0.717) is 11.1 Å². The van der Waals surface area contributed by atoms with Crippen LogP contribution in [0.2, 0.25) is 0 Å². The van der Waals surface area contributed by atoms with Crippen LogP contribution >= 0.6 is 0 Å². The quantitative estimate of drug-likeness (QED) is 0.871. The zero-order valence-corrected chi connectivity index (χ0v) is 12.7. The van der Waals surface area contributed by atoms with Gasteiger partial charge in [-0.25, -0.2) is 4.39 Å². The van der Waals surface area contributed by atoms with Gasteiger partial charge in [-0.15, -0.1) is 0 Å². The van der Waals surface area contributed by atoms with Gasteiger partial charge in [0.25, 0.3) is 0 Å². The number of rotatable bonds is 4. The molecule has 20 heavy (non-hydrogen) atoms. The lowest BCUT2D eigenvalue weighted by Gasteiger charge is -2.11. The molecule has 2 aromatic rings. The summed E-state index contributed by atoms with van der Waals surface area (Å²) in [7, 11) is 0. The van der Waals surface area contributed by atoms with Crippen LogP contribution in [0.25, 0.3) is 0 Å². The maximum atomic E-state index is 13.6. The average Bonchev–Trinajstić information content (AvgIpc) is 2.41. The van der Waals surface area contributed by atoms with Crippen LogP contribution in [0.5, 0.6) is 0 Å². The summed E-state index contributed by atoms with van der Waals surface area (Å²) in [5, 5.41) is 3.44. The third kappa shape index (κ3) is 3.26. The Morgan fingerprint density at radius 3 is 2.20 bits per heavy atom. The van der Waals surface area contributed by atoms with Crippen molar-refractivity contribution in [2.45, 2.75) is 40.8 Å². The van der Waals surface area contributed by atoms with Crippen molar-refractivity contribution < 1.29 is 4.39 Å². The number of aryl methyl sites for hydroxylation is 3. The molecule has 0 heterocycles. The van der Waals surface area contributed by atoms with Crippen molar-refractivity contribution in [1.29, 1.82) is 0 Å². The summed E-state index contributed by atoms with van der Waals surface area (Å²) < 4.78 is 13.6. The summed E-state index contributed by atoms with van der Waals surface area (Å²) in [4.78, 5) is 0. The molecular formula is C18H22FN. The van der Waals surface area contributed by atoms with Crippen molar-refractivity contribution in [3.8, 4) is 0 Å². The van der Waals surface area contributed by atoms with Crippen molar-refractivity contribution >= 4 is 0 Å². The molecule has 1 nitrogen and oxygen atoms in total. The molecule has 0 aliphatic carbocycles. The molecule has 2 rings (SSSR count). The average molecular weight is 271 g/mol. The van der Waals surface area contributed by atoms with Crippen LogP contribution in [0.4, 0.5) is 4.39 Å². The molecule has 1 N–H and O–H groups in total. The lowest BCUT2D eigenvalue weighted by atomic mass is 10.0. The minimum absolute atomic E-state index is 0.0942. The van der Waals surface area contributed by atoms with E-state index in [1.807, 2.05) is 26.0 Å². The Labute approximate surface area is 120 Å². The van der Waals surface area contributed by atoms with Crippen LogP contribution in [0.15, 0.2) is 30.3 Å². The zero-order valence-electron chi connectivity index (χ0n) is 12.7. The second-order valence-corrected chi connectivity index (χ2v) is 5.51. The molecular weight excluding hydrogens is 249 g/mol. The van der Waals surface area contributed by atoms with E-state index in [2.05, 4.69) is 37.4 Å². The molecule has 0 amide bonds. The minimum atomic E-state index is -0.0942. The van der Waals surface area contributed by atoms with Crippen LogP contribution in [0.3, 0.4) is 0 Å². The standard InChI is InChI=1S/C18H22FN/c1-12-6-5-7-17(15(12)4)11-20-10-16-8-13(2)18(19)14(3)9-16/h5-9,20H,10-11H2,1-4H3. The molecule has 0 aliphatic rings. The van der Waals surface area contributed by atoms with Gasteiger partial charge in [0.2, 0.25) is 0 Å². The van der Waals surface area contributed by atoms with Gasteiger partial charge in [-0.3, -0.25) is 0 Å². The van der Waals surface area contributed by atoms with Gasteiger partial charge in [-0.1, -0.05) is 30.3 Å². The molecule has 0 aliphatic heterocycles. The first kappa shape index (κ1) is 14.7. The zero-order chi connectivity index (χ0) is 14.7. The number of hydrogen-bond acceptors (Lipinski definition) is 1. The Morgan fingerprint density at radius 1 is 0.900 bits per heavy atom. The fraction of sp³-hybridized carbons (Fsp3) is 0.333. The maximum Gasteiger partial charge on any atom is 0.129 e. The number of halogens is 1. The van der Waals surface area contributed by atoms with E-state index < -0.39 is 0 Å². The summed E-state index contributed by atoms with van der Waals surface area (Å²) in [5.74, 6) is -0.0942. The molecule has 0 bridgehead atoms. The molecule has 2 aromatic carbocycles. The number of nitrogens with one attached hydrogen (secondary N) is 1. The largest absolute Gasteiger partial charge is 0.309 e. The van der Waals surface area contributed by atoms with Crippen LogP contribution in [0, 0.1) is 33.5 Å². The van der Waals surface area contributed by atoms with E-state index in [9.17, 15) is 4.39 Å². The fourth-order valence-corrected chi connectivity index (χ4v) is 2.48. The van der Waals surface area contributed by atoms with Crippen molar-refractivity contribution in [2.24, 2.45) is 0 Å². The lowest BCUT2D eigenvalue weighted by Crippen LogP contribution is -2.14. The van der Waals surface area contributed by atoms with Crippen LogP contribution in [-0.4, -0.2) is 0 Å². The molecule has 0 saturated carbocycles. The highest BCUT2D eigenvalue weighted by molar-refractivity contribution is 5.33. The van der Waals surface area contributed by atoms with E-state index in [-0.39, 0.29) is 5.82 Å². The van der Waals surface area contributed by atoms with Gasteiger partial charge in [0.15, 0.2) is 0 Å². The monoisotopic (exact) mass is 271 g/mol. The van der Waals surface area contributed by atoms with Gasteiger partial charge in [0, 0.05) is 13.1 Å². The molecule has 0 saturated heterocycles. The summed E-state index contributed by atoms with van der Waals surface area (Å²) in [6.45, 7) is 9.51. The third-order valence-electron chi connectivity index (χ3n) is 3.86. The highest BCUT2D eigenvalue weighted by atomic mass is 19.1. The second kappa shape index (κ2) is 6.19. The molecule has 0 aromatic heterocycles. The molecule has 0 spiro atoms. The van der Waals surface area contributed by atoms with E-state index >= 15 is 0 Å². The third-order valence-corrected chi connectivity index (χ3v) is 3.86. The Balaban J connectivity index is 2.01. The minimum Gasteiger partial charge on any atom is -0.309 e. The summed E-state index contributed by atoms with van der Waals surface area (Å²) in [5.41, 5.74) is 6.54. The topological polar surface area (TPSA) is 12.0 Å². The normalized spacial score (nSPS) is 10.8. The van der Waals surface area contributed by atoms with E-state index in [1.54, 1.807) is 0 Å². The van der Waals surface area contributed by atoms with E-state index in [1.165, 1.54) is 16.7 Å². The highest BCUT2D eigenvalue weighted by Crippen LogP contribution is 2.15. The SMILES string of the molecule is Cc1cccc(CNCc2cc(C)c(F)c(C)c2)c1C. The van der Waals surface area contributed by atoms with Gasteiger partial charge in [-0.2, -0.15) is 0 Å². The van der Waals surface area contributed by atoms with Crippen molar-refractivity contribution in [3.63, 3.8) is 0 Å². The van der Waals surface area contributed by atoms with E-state index in [4.69, 9.17) is 0 Å². The maximum absolute atomic E-state index is 13.6. The number of hydrogen-bond donors (Lipinski definition) is 1. The van der Waals surface area contributed by atoms with Gasteiger partial charge < -0.3 is 5.32 Å². The van der Waals surface area contributed by atoms with Crippen molar-refractivity contribution in [3.05, 3.63) is 69.5 Å². The van der Waals surface area contributed by atoms with Gasteiger partial charge in [0.1, 0.15) is 5.82 Å². The summed E-state index contributed by atoms with van der Waals surface area (Å²) in [6, 6.07) is 10.2. The van der Waals surface area contributed by atoms with Crippen molar-refractivity contribution in [1.82, 2.24) is 5.32 Å². The first-order valence-electron chi connectivity index (χ1n) is 7.00. The van der Waals surface area contributed by atoms with Gasteiger partial charge >= 0.3 is 0 Å². The molecule has 2 heteroatoms. The van der Waals surface area contributed by atoms with E-state index in [0.717, 1.165) is 18.7 Å². The second-order valence-electron chi connectivity index (χ2n) is 5.51. The van der Waals surface area contributed by atoms with Crippen LogP contribution < -0.4 is 5.32 Å². The Morgan fingerprint density at radius 2 is 1.55 bits per heavy atom. The first-order valence-corrected chi connectivity index (χ1v) is 7.00. The molecule has 0 fully saturated rings. The smallest absolute Gasteiger partial charge is 0.129 e. The lowest BCUT2D eigenvalue weighted by molar-refractivity contribution is 0.606. The van der Waals surface area contributed by atoms with Crippen LogP contribution in [-0.2, 0) is 13.1 Å². The Hall–Kier alpha value is -1.67. The van der Waals surface area contributed by atoms with Gasteiger partial charge in [0.05, 0.1) is 0 Å². The first-order chi connectivity index (χ1) is 9.49. The summed E-state index contributed by atoms with van der Waals surface area (Å²) in [6.07, 6.45) is 0. The molecule has 0 unspecified atom stereocenters. The predicted molar refractivity (Wildman–Crippen MR) is 82.3 cm³/mol. The molecule has 0 radical (unpaired) electrons.